The molecule has 28 heavy (non-hydrogen) atoms. The first-order valence-electron chi connectivity index (χ1n) is 9.42. The molecule has 0 aliphatic heterocycles. The third-order valence-corrected chi connectivity index (χ3v) is 4.48. The number of amides is 1. The van der Waals surface area contributed by atoms with Gasteiger partial charge in [-0.3, -0.25) is 4.79 Å². The van der Waals surface area contributed by atoms with Crippen molar-refractivity contribution in [2.24, 2.45) is 5.73 Å². The highest BCUT2D eigenvalue weighted by Crippen LogP contribution is 2.24. The Kier molecular flexibility index (Phi) is 7.27. The summed E-state index contributed by atoms with van der Waals surface area (Å²) >= 11 is 0. The number of nitrogens with one attached hydrogen (secondary N) is 1. The summed E-state index contributed by atoms with van der Waals surface area (Å²) in [6.45, 7) is 3.53. The second-order valence-electron chi connectivity index (χ2n) is 7.29. The summed E-state index contributed by atoms with van der Waals surface area (Å²) in [5, 5.41) is 19.4. The monoisotopic (exact) mass is 381 g/mol. The first kappa shape index (κ1) is 21.1. The zero-order chi connectivity index (χ0) is 20.6. The number of anilines is 3. The van der Waals surface area contributed by atoms with E-state index in [-0.39, 0.29) is 11.5 Å². The number of carbonyl (C=O) groups is 1. The van der Waals surface area contributed by atoms with E-state index >= 15 is 0 Å². The number of pyridine rings is 1. The first-order valence-corrected chi connectivity index (χ1v) is 9.42. The molecular weight excluding hydrogens is 354 g/mol. The Morgan fingerprint density at radius 2 is 1.75 bits per heavy atom. The number of hydrogen-bond donors (Lipinski definition) is 3. The van der Waals surface area contributed by atoms with E-state index in [9.17, 15) is 10.1 Å². The third-order valence-electron chi connectivity index (χ3n) is 4.48. The van der Waals surface area contributed by atoms with Gasteiger partial charge < -0.3 is 16.8 Å². The van der Waals surface area contributed by atoms with Gasteiger partial charge >= 0.3 is 0 Å². The van der Waals surface area contributed by atoms with Gasteiger partial charge in [0.15, 0.2) is 5.69 Å². The molecule has 0 atom stereocenters. The Bertz CT molecular complexity index is 842. The van der Waals surface area contributed by atoms with E-state index in [1.165, 1.54) is 44.6 Å². The van der Waals surface area contributed by atoms with Gasteiger partial charge in [-0.15, -0.1) is 10.2 Å². The maximum absolute atomic E-state index is 11.4. The average molecular weight is 381 g/mol. The molecule has 8 nitrogen and oxygen atoms in total. The number of nitrogens with zero attached hydrogens (tertiary/aromatic N) is 4. The van der Waals surface area contributed by atoms with E-state index in [4.69, 9.17) is 11.5 Å². The molecule has 0 aromatic carbocycles. The number of nitrogens with two attached hydrogens (primary N) is 2. The highest BCUT2D eigenvalue weighted by Gasteiger charge is 2.22. The molecule has 0 saturated heterocycles. The molecule has 1 aliphatic carbocycles. The molecule has 0 unspecified atom stereocenters. The molecule has 3 rings (SSSR count). The zero-order valence-corrected chi connectivity index (χ0v) is 16.4. The van der Waals surface area contributed by atoms with Gasteiger partial charge in [0.2, 0.25) is 0 Å². The van der Waals surface area contributed by atoms with E-state index < -0.39 is 11.3 Å². The third kappa shape index (κ3) is 5.91. The average Bonchev–Trinajstić information content (AvgIpc) is 2.70. The van der Waals surface area contributed by atoms with Gasteiger partial charge in [-0.1, -0.05) is 44.6 Å². The van der Waals surface area contributed by atoms with Crippen LogP contribution in [0, 0.1) is 11.3 Å². The summed E-state index contributed by atoms with van der Waals surface area (Å²) in [6, 6.07) is 8.82. The number of hydrogen-bond acceptors (Lipinski definition) is 7. The Hall–Kier alpha value is -3.21. The van der Waals surface area contributed by atoms with Crippen LogP contribution in [-0.4, -0.2) is 21.1 Å². The van der Waals surface area contributed by atoms with E-state index in [2.05, 4.69) is 26.6 Å². The minimum atomic E-state index is -0.736. The predicted octanol–water partition coefficient (Wildman–Crippen LogP) is 3.44. The van der Waals surface area contributed by atoms with Crippen LogP contribution < -0.4 is 16.8 Å². The second-order valence-corrected chi connectivity index (χ2v) is 7.29. The lowest BCUT2D eigenvalue weighted by atomic mass is 9.91. The van der Waals surface area contributed by atoms with Crippen molar-refractivity contribution in [1.82, 2.24) is 15.2 Å². The predicted molar refractivity (Wildman–Crippen MR) is 109 cm³/mol. The minimum Gasteiger partial charge on any atom is -0.382 e. The van der Waals surface area contributed by atoms with Crippen molar-refractivity contribution >= 4 is 23.2 Å². The van der Waals surface area contributed by atoms with E-state index in [1.54, 1.807) is 32.0 Å². The second kappa shape index (κ2) is 9.65. The molecule has 1 aliphatic rings. The lowest BCUT2D eigenvalue weighted by Crippen LogP contribution is -2.18. The minimum absolute atomic E-state index is 0.0408. The number of primary amides is 1. The molecular formula is C20H27N7O. The smallest absolute Gasteiger partial charge is 0.271 e. The number of nitrogen functional groups attached to an aromatic ring is 1. The van der Waals surface area contributed by atoms with Gasteiger partial charge in [-0.2, -0.15) is 5.26 Å². The molecule has 0 radical (unpaired) electrons. The Balaban J connectivity index is 0.000000397. The molecule has 1 saturated carbocycles. The van der Waals surface area contributed by atoms with E-state index in [0.29, 0.717) is 17.2 Å². The van der Waals surface area contributed by atoms with Crippen molar-refractivity contribution in [2.75, 3.05) is 11.1 Å². The largest absolute Gasteiger partial charge is 0.382 e. The SMILES string of the molecule is C1CCCCC1.CC(C)(C#N)c1cccc(Nc2cc(N)nnc2C(N)=O)n1. The fourth-order valence-corrected chi connectivity index (χ4v) is 2.79. The van der Waals surface area contributed by atoms with Crippen LogP contribution in [0.5, 0.6) is 0 Å². The molecule has 2 heterocycles. The maximum Gasteiger partial charge on any atom is 0.271 e. The molecule has 5 N–H and O–H groups in total. The van der Waals surface area contributed by atoms with Crippen LogP contribution in [0.2, 0.25) is 0 Å². The van der Waals surface area contributed by atoms with Crippen LogP contribution >= 0.6 is 0 Å². The van der Waals surface area contributed by atoms with Gasteiger partial charge in [-0.05, 0) is 26.0 Å². The number of carbonyl (C=O) groups excluding carboxylic acids is 1. The normalized spacial score (nSPS) is 13.6. The molecule has 1 amide bonds. The van der Waals surface area contributed by atoms with Crippen molar-refractivity contribution in [3.63, 3.8) is 0 Å². The summed E-state index contributed by atoms with van der Waals surface area (Å²) in [6.07, 6.45) is 9.00. The lowest BCUT2D eigenvalue weighted by molar-refractivity contribution is 0.0995. The topological polar surface area (TPSA) is 144 Å². The summed E-state index contributed by atoms with van der Waals surface area (Å²) in [5.74, 6) is -0.153. The highest BCUT2D eigenvalue weighted by atomic mass is 16.1. The van der Waals surface area contributed by atoms with Crippen LogP contribution in [-0.2, 0) is 5.41 Å². The van der Waals surface area contributed by atoms with Crippen LogP contribution in [0.15, 0.2) is 24.3 Å². The van der Waals surface area contributed by atoms with Crippen molar-refractivity contribution < 1.29 is 4.79 Å². The molecule has 8 heteroatoms. The molecule has 148 valence electrons. The Morgan fingerprint density at radius 3 is 2.29 bits per heavy atom. The molecule has 0 bridgehead atoms. The molecule has 1 fully saturated rings. The van der Waals surface area contributed by atoms with Crippen LogP contribution in [0.25, 0.3) is 0 Å². The van der Waals surface area contributed by atoms with Crippen molar-refractivity contribution in [2.45, 2.75) is 57.8 Å². The van der Waals surface area contributed by atoms with Crippen molar-refractivity contribution in [1.29, 1.82) is 5.26 Å². The van der Waals surface area contributed by atoms with Gasteiger partial charge in [0, 0.05) is 6.07 Å². The van der Waals surface area contributed by atoms with Gasteiger partial charge in [0.05, 0.1) is 22.9 Å². The number of rotatable bonds is 4. The van der Waals surface area contributed by atoms with E-state index in [0.717, 1.165) is 0 Å². The Morgan fingerprint density at radius 1 is 1.14 bits per heavy atom. The highest BCUT2D eigenvalue weighted by molar-refractivity contribution is 5.97. The quantitative estimate of drug-likeness (QED) is 0.735. The zero-order valence-electron chi connectivity index (χ0n) is 16.4. The summed E-state index contributed by atoms with van der Waals surface area (Å²) in [4.78, 5) is 15.7. The molecule has 2 aromatic heterocycles. The van der Waals surface area contributed by atoms with E-state index in [1.807, 2.05) is 0 Å². The standard InChI is InChI=1S/C14H15N7O.C6H12/c1-14(2,7-15)9-4-3-5-11(19-9)18-8-6-10(16)20-21-12(8)13(17)22;1-2-4-6-5-3-1/h3-6H,1-2H3,(H2,17,22)(H3,16,18,19,20);1-6H2. The van der Waals surface area contributed by atoms with Crippen molar-refractivity contribution in [3.05, 3.63) is 35.7 Å². The molecule has 0 spiro atoms. The van der Waals surface area contributed by atoms with Gasteiger partial charge in [0.25, 0.3) is 5.91 Å². The first-order chi connectivity index (χ1) is 13.3. The fourth-order valence-electron chi connectivity index (χ4n) is 2.79. The van der Waals surface area contributed by atoms with Crippen molar-refractivity contribution in [3.8, 4) is 6.07 Å². The molecule has 2 aromatic rings. The summed E-state index contributed by atoms with van der Waals surface area (Å²) < 4.78 is 0. The van der Waals surface area contributed by atoms with Gasteiger partial charge in [0.1, 0.15) is 11.6 Å². The Labute approximate surface area is 165 Å². The summed E-state index contributed by atoms with van der Waals surface area (Å²) in [5.41, 5.74) is 10.9. The van der Waals surface area contributed by atoms with Crippen LogP contribution in [0.1, 0.15) is 68.6 Å². The van der Waals surface area contributed by atoms with Crippen LogP contribution in [0.3, 0.4) is 0 Å². The maximum atomic E-state index is 11.4. The fraction of sp³-hybridized carbons (Fsp3) is 0.450. The summed E-state index contributed by atoms with van der Waals surface area (Å²) in [7, 11) is 0. The number of aromatic nitrogens is 3. The van der Waals surface area contributed by atoms with Crippen LogP contribution in [0.4, 0.5) is 17.3 Å². The number of nitriles is 1. The van der Waals surface area contributed by atoms with Gasteiger partial charge in [-0.25, -0.2) is 4.98 Å². The lowest BCUT2D eigenvalue weighted by Gasteiger charge is -2.16.